The summed E-state index contributed by atoms with van der Waals surface area (Å²) in [5.41, 5.74) is 0.831. The lowest BCUT2D eigenvalue weighted by atomic mass is 10.3. The molecule has 3 rings (SSSR count). The average molecular weight is 330 g/mol. The maximum atomic E-state index is 11.7. The zero-order valence-electron chi connectivity index (χ0n) is 11.9. The highest BCUT2D eigenvalue weighted by atomic mass is 32.1. The molecule has 0 fully saturated rings. The van der Waals surface area contributed by atoms with Gasteiger partial charge in [0, 0.05) is 16.3 Å². The number of nitrogens with zero attached hydrogens (tertiary/aromatic N) is 1. The average Bonchev–Trinajstić information content (AvgIpc) is 3.24. The number of amides is 1. The second-order valence-electron chi connectivity index (χ2n) is 4.58. The van der Waals surface area contributed by atoms with Gasteiger partial charge in [-0.25, -0.2) is 4.98 Å². The van der Waals surface area contributed by atoms with Gasteiger partial charge in [0.2, 0.25) is 5.91 Å². The van der Waals surface area contributed by atoms with E-state index in [2.05, 4.69) is 10.3 Å². The van der Waals surface area contributed by atoms with Gasteiger partial charge in [-0.1, -0.05) is 6.07 Å². The van der Waals surface area contributed by atoms with Gasteiger partial charge in [-0.05, 0) is 36.6 Å². The van der Waals surface area contributed by atoms with Gasteiger partial charge in [0.25, 0.3) is 0 Å². The monoisotopic (exact) mass is 330 g/mol. The predicted octanol–water partition coefficient (Wildman–Crippen LogP) is 4.10. The van der Waals surface area contributed by atoms with Crippen LogP contribution in [0.1, 0.15) is 15.6 Å². The van der Waals surface area contributed by atoms with E-state index in [1.165, 1.54) is 6.08 Å². The number of rotatable bonds is 5. The Morgan fingerprint density at radius 3 is 3.00 bits per heavy atom. The van der Waals surface area contributed by atoms with Crippen LogP contribution in [0.4, 0.5) is 0 Å². The number of thiophene rings is 1. The van der Waals surface area contributed by atoms with E-state index in [-0.39, 0.29) is 5.91 Å². The molecule has 0 aliphatic rings. The van der Waals surface area contributed by atoms with Crippen LogP contribution in [0.2, 0.25) is 0 Å². The van der Waals surface area contributed by atoms with Gasteiger partial charge in [0.15, 0.2) is 5.76 Å². The minimum atomic E-state index is -0.143. The van der Waals surface area contributed by atoms with Crippen molar-refractivity contribution in [1.82, 2.24) is 10.3 Å². The van der Waals surface area contributed by atoms with E-state index in [1.54, 1.807) is 28.7 Å². The Bertz CT molecular complexity index is 785. The fraction of sp³-hybridized carbons (Fsp3) is 0.125. The van der Waals surface area contributed by atoms with Gasteiger partial charge in [-0.15, -0.1) is 22.7 Å². The van der Waals surface area contributed by atoms with Crippen molar-refractivity contribution >= 4 is 34.7 Å². The molecule has 1 N–H and O–H groups in total. The fourth-order valence-corrected chi connectivity index (χ4v) is 3.08. The van der Waals surface area contributed by atoms with Gasteiger partial charge in [-0.3, -0.25) is 4.79 Å². The van der Waals surface area contributed by atoms with E-state index in [1.807, 2.05) is 41.9 Å². The van der Waals surface area contributed by atoms with Gasteiger partial charge in [0.1, 0.15) is 11.5 Å². The smallest absolute Gasteiger partial charge is 0.244 e. The lowest BCUT2D eigenvalue weighted by Gasteiger charge is -1.98. The molecule has 0 saturated heterocycles. The molecule has 3 aromatic rings. The Kier molecular flexibility index (Phi) is 4.50. The summed E-state index contributed by atoms with van der Waals surface area (Å²) >= 11 is 3.17. The first kappa shape index (κ1) is 14.7. The van der Waals surface area contributed by atoms with Crippen molar-refractivity contribution in [2.24, 2.45) is 0 Å². The summed E-state index contributed by atoms with van der Waals surface area (Å²) < 4.78 is 5.69. The van der Waals surface area contributed by atoms with Crippen molar-refractivity contribution in [3.63, 3.8) is 0 Å². The third kappa shape index (κ3) is 3.72. The predicted molar refractivity (Wildman–Crippen MR) is 89.8 cm³/mol. The summed E-state index contributed by atoms with van der Waals surface area (Å²) in [5.74, 6) is 1.29. The van der Waals surface area contributed by atoms with Crippen LogP contribution in [0.3, 0.4) is 0 Å². The van der Waals surface area contributed by atoms with Crippen LogP contribution >= 0.6 is 22.7 Å². The first-order chi connectivity index (χ1) is 10.7. The first-order valence-electron chi connectivity index (χ1n) is 6.71. The molecule has 22 heavy (non-hydrogen) atoms. The standard InChI is InChI=1S/C16H14N2O2S2/c1-11-18-14(10-22-11)15-6-4-12(20-15)9-17-16(19)7-5-13-3-2-8-21-13/h2-8,10H,9H2,1H3,(H,17,19). The molecule has 1 amide bonds. The molecule has 4 nitrogen and oxygen atoms in total. The topological polar surface area (TPSA) is 55.1 Å². The summed E-state index contributed by atoms with van der Waals surface area (Å²) in [6.07, 6.45) is 3.32. The molecule has 0 aliphatic heterocycles. The summed E-state index contributed by atoms with van der Waals surface area (Å²) in [6.45, 7) is 2.31. The summed E-state index contributed by atoms with van der Waals surface area (Å²) in [7, 11) is 0. The second kappa shape index (κ2) is 6.72. The van der Waals surface area contributed by atoms with Crippen LogP contribution in [0, 0.1) is 6.92 Å². The largest absolute Gasteiger partial charge is 0.458 e. The molecule has 3 aromatic heterocycles. The Morgan fingerprint density at radius 2 is 2.27 bits per heavy atom. The molecule has 0 spiro atoms. The van der Waals surface area contributed by atoms with E-state index in [0.717, 1.165) is 21.3 Å². The van der Waals surface area contributed by atoms with Crippen molar-refractivity contribution in [3.05, 3.63) is 56.7 Å². The van der Waals surface area contributed by atoms with Crippen LogP contribution in [-0.2, 0) is 11.3 Å². The fourth-order valence-electron chi connectivity index (χ4n) is 1.86. The molecular weight excluding hydrogens is 316 g/mol. The number of carbonyl (C=O) groups excluding carboxylic acids is 1. The normalized spacial score (nSPS) is 11.1. The van der Waals surface area contributed by atoms with Crippen molar-refractivity contribution in [2.45, 2.75) is 13.5 Å². The number of thiazole rings is 1. The molecule has 0 radical (unpaired) electrons. The molecule has 6 heteroatoms. The van der Waals surface area contributed by atoms with Crippen LogP contribution in [0.15, 0.2) is 45.5 Å². The highest BCUT2D eigenvalue weighted by Gasteiger charge is 2.08. The van der Waals surface area contributed by atoms with Crippen molar-refractivity contribution in [3.8, 4) is 11.5 Å². The third-order valence-corrected chi connectivity index (χ3v) is 4.52. The minimum Gasteiger partial charge on any atom is -0.458 e. The lowest BCUT2D eigenvalue weighted by Crippen LogP contribution is -2.19. The lowest BCUT2D eigenvalue weighted by molar-refractivity contribution is -0.116. The third-order valence-electron chi connectivity index (χ3n) is 2.91. The van der Waals surface area contributed by atoms with Gasteiger partial charge in [0.05, 0.1) is 11.6 Å². The minimum absolute atomic E-state index is 0.143. The Balaban J connectivity index is 1.55. The van der Waals surface area contributed by atoms with E-state index < -0.39 is 0 Å². The van der Waals surface area contributed by atoms with Gasteiger partial charge >= 0.3 is 0 Å². The Hall–Kier alpha value is -2.18. The first-order valence-corrected chi connectivity index (χ1v) is 8.47. The maximum absolute atomic E-state index is 11.7. The highest BCUT2D eigenvalue weighted by Crippen LogP contribution is 2.23. The van der Waals surface area contributed by atoms with Crippen molar-refractivity contribution in [1.29, 1.82) is 0 Å². The SMILES string of the molecule is Cc1nc(-c2ccc(CNC(=O)C=Cc3cccs3)o2)cs1. The molecule has 0 saturated carbocycles. The summed E-state index contributed by atoms with van der Waals surface area (Å²) in [5, 5.41) is 7.73. The number of nitrogens with one attached hydrogen (secondary N) is 1. The number of hydrogen-bond acceptors (Lipinski definition) is 5. The number of hydrogen-bond donors (Lipinski definition) is 1. The Labute approximate surface area is 136 Å². The summed E-state index contributed by atoms with van der Waals surface area (Å²) in [4.78, 5) is 17.2. The molecule has 112 valence electrons. The van der Waals surface area contributed by atoms with Crippen molar-refractivity contribution < 1.29 is 9.21 Å². The van der Waals surface area contributed by atoms with Crippen LogP contribution < -0.4 is 5.32 Å². The van der Waals surface area contributed by atoms with Crippen LogP contribution in [0.25, 0.3) is 17.5 Å². The quantitative estimate of drug-likeness (QED) is 0.717. The zero-order chi connectivity index (χ0) is 15.4. The molecule has 3 heterocycles. The molecule has 0 bridgehead atoms. The van der Waals surface area contributed by atoms with E-state index in [4.69, 9.17) is 4.42 Å². The molecule has 0 atom stereocenters. The summed E-state index contributed by atoms with van der Waals surface area (Å²) in [6, 6.07) is 7.64. The van der Waals surface area contributed by atoms with E-state index >= 15 is 0 Å². The molecule has 0 aliphatic carbocycles. The number of aromatic nitrogens is 1. The molecular formula is C16H14N2O2S2. The Morgan fingerprint density at radius 1 is 1.36 bits per heavy atom. The van der Waals surface area contributed by atoms with E-state index in [0.29, 0.717) is 12.3 Å². The number of aryl methyl sites for hydroxylation is 1. The number of furan rings is 1. The van der Waals surface area contributed by atoms with Gasteiger partial charge in [-0.2, -0.15) is 0 Å². The van der Waals surface area contributed by atoms with Gasteiger partial charge < -0.3 is 9.73 Å². The van der Waals surface area contributed by atoms with E-state index in [9.17, 15) is 4.79 Å². The maximum Gasteiger partial charge on any atom is 0.244 e. The van der Waals surface area contributed by atoms with Crippen molar-refractivity contribution in [2.75, 3.05) is 0 Å². The van der Waals surface area contributed by atoms with Crippen LogP contribution in [-0.4, -0.2) is 10.9 Å². The van der Waals surface area contributed by atoms with Crippen LogP contribution in [0.5, 0.6) is 0 Å². The molecule has 0 aromatic carbocycles. The highest BCUT2D eigenvalue weighted by molar-refractivity contribution is 7.10. The zero-order valence-corrected chi connectivity index (χ0v) is 13.5. The second-order valence-corrected chi connectivity index (χ2v) is 6.63. The molecule has 0 unspecified atom stereocenters. The number of carbonyl (C=O) groups is 1.